The maximum Gasteiger partial charge on any atom is 0.346 e. The molecule has 0 aliphatic rings. The van der Waals surface area contributed by atoms with Gasteiger partial charge >= 0.3 is 5.97 Å². The second-order valence-electron chi connectivity index (χ2n) is 3.59. The molecule has 0 saturated heterocycles. The third-order valence-corrected chi connectivity index (χ3v) is 3.19. The largest absolute Gasteiger partial charge is 0.477 e. The van der Waals surface area contributed by atoms with Gasteiger partial charge in [0.05, 0.1) is 0 Å². The third-order valence-electron chi connectivity index (χ3n) is 2.24. The predicted octanol–water partition coefficient (Wildman–Crippen LogP) is 2.29. The zero-order valence-corrected chi connectivity index (χ0v) is 9.47. The molecule has 78 valence electrons. The molecule has 1 heterocycles. The Morgan fingerprint density at radius 3 is 2.79 bits per heavy atom. The number of carboxylic acids is 1. The Bertz CT molecular complexity index is 320. The van der Waals surface area contributed by atoms with Gasteiger partial charge in [0, 0.05) is 12.6 Å². The maximum atomic E-state index is 10.8. The fraction of sp³-hybridized carbons (Fsp3) is 0.500. The predicted molar refractivity (Wildman–Crippen MR) is 57.9 cm³/mol. The zero-order chi connectivity index (χ0) is 10.7. The summed E-state index contributed by atoms with van der Waals surface area (Å²) in [5.41, 5.74) is 0.902. The first-order chi connectivity index (χ1) is 6.52. The maximum absolute atomic E-state index is 10.8. The van der Waals surface area contributed by atoms with Gasteiger partial charge in [0.25, 0.3) is 0 Å². The van der Waals surface area contributed by atoms with Crippen LogP contribution in [0, 0.1) is 0 Å². The van der Waals surface area contributed by atoms with E-state index in [-0.39, 0.29) is 0 Å². The van der Waals surface area contributed by atoms with Crippen molar-refractivity contribution < 1.29 is 9.90 Å². The van der Waals surface area contributed by atoms with E-state index in [0.717, 1.165) is 5.56 Å². The molecular weight excluding hydrogens is 198 g/mol. The first kappa shape index (κ1) is 11.2. The van der Waals surface area contributed by atoms with Crippen LogP contribution in [0.25, 0.3) is 0 Å². The smallest absolute Gasteiger partial charge is 0.346 e. The Kier molecular flexibility index (Phi) is 3.66. The summed E-state index contributed by atoms with van der Waals surface area (Å²) < 4.78 is 0. The Morgan fingerprint density at radius 2 is 2.29 bits per heavy atom. The number of carbonyl (C=O) groups is 1. The summed E-state index contributed by atoms with van der Waals surface area (Å²) in [4.78, 5) is 13.4. The number of carboxylic acid groups (broad SMARTS) is 1. The summed E-state index contributed by atoms with van der Waals surface area (Å²) in [5, 5.41) is 10.7. The average molecular weight is 213 g/mol. The quantitative estimate of drug-likeness (QED) is 0.834. The summed E-state index contributed by atoms with van der Waals surface area (Å²) in [6, 6.07) is 2.31. The molecule has 1 rings (SSSR count). The Morgan fingerprint density at radius 1 is 1.64 bits per heavy atom. The van der Waals surface area contributed by atoms with Crippen LogP contribution in [0.1, 0.15) is 29.1 Å². The SMILES string of the molecule is CC(C)N(C)Cc1ccsc1C(=O)O. The van der Waals surface area contributed by atoms with Crippen LogP contribution in [0.15, 0.2) is 11.4 Å². The first-order valence-electron chi connectivity index (χ1n) is 4.52. The second kappa shape index (κ2) is 4.57. The number of hydrogen-bond acceptors (Lipinski definition) is 3. The molecule has 0 aromatic carbocycles. The van der Waals surface area contributed by atoms with Crippen molar-refractivity contribution in [2.24, 2.45) is 0 Å². The van der Waals surface area contributed by atoms with E-state index in [4.69, 9.17) is 5.11 Å². The van der Waals surface area contributed by atoms with Gasteiger partial charge in [-0.1, -0.05) is 0 Å². The number of rotatable bonds is 4. The number of hydrogen-bond donors (Lipinski definition) is 1. The van der Waals surface area contributed by atoms with Gasteiger partial charge in [-0.3, -0.25) is 4.90 Å². The fourth-order valence-electron chi connectivity index (χ4n) is 1.10. The van der Waals surface area contributed by atoms with Crippen LogP contribution in [0.4, 0.5) is 0 Å². The van der Waals surface area contributed by atoms with Crippen molar-refractivity contribution in [2.45, 2.75) is 26.4 Å². The highest BCUT2D eigenvalue weighted by Crippen LogP contribution is 2.18. The lowest BCUT2D eigenvalue weighted by Crippen LogP contribution is -2.26. The number of aromatic carboxylic acids is 1. The van der Waals surface area contributed by atoms with Crippen molar-refractivity contribution in [2.75, 3.05) is 7.05 Å². The number of nitrogens with zero attached hydrogens (tertiary/aromatic N) is 1. The van der Waals surface area contributed by atoms with Gasteiger partial charge in [-0.2, -0.15) is 0 Å². The van der Waals surface area contributed by atoms with Gasteiger partial charge < -0.3 is 5.11 Å². The lowest BCUT2D eigenvalue weighted by molar-refractivity contribution is 0.0700. The standard InChI is InChI=1S/C10H15NO2S/c1-7(2)11(3)6-8-4-5-14-9(8)10(12)13/h4-5,7H,6H2,1-3H3,(H,12,13). The molecule has 1 N–H and O–H groups in total. The summed E-state index contributed by atoms with van der Waals surface area (Å²) in [7, 11) is 1.99. The average Bonchev–Trinajstić information content (AvgIpc) is 2.52. The van der Waals surface area contributed by atoms with E-state index in [0.29, 0.717) is 17.5 Å². The van der Waals surface area contributed by atoms with Crippen LogP contribution >= 0.6 is 11.3 Å². The fourth-order valence-corrected chi connectivity index (χ4v) is 1.85. The Labute approximate surface area is 88.0 Å². The van der Waals surface area contributed by atoms with E-state index < -0.39 is 5.97 Å². The van der Waals surface area contributed by atoms with E-state index >= 15 is 0 Å². The highest BCUT2D eigenvalue weighted by atomic mass is 32.1. The number of thiophene rings is 1. The topological polar surface area (TPSA) is 40.5 Å². The highest BCUT2D eigenvalue weighted by molar-refractivity contribution is 7.12. The van der Waals surface area contributed by atoms with E-state index in [2.05, 4.69) is 18.7 Å². The van der Waals surface area contributed by atoms with Crippen molar-refractivity contribution in [3.63, 3.8) is 0 Å². The molecule has 4 heteroatoms. The van der Waals surface area contributed by atoms with E-state index in [1.54, 1.807) is 0 Å². The minimum Gasteiger partial charge on any atom is -0.477 e. The van der Waals surface area contributed by atoms with Crippen molar-refractivity contribution in [1.29, 1.82) is 0 Å². The second-order valence-corrected chi connectivity index (χ2v) is 4.51. The minimum atomic E-state index is -0.827. The molecule has 3 nitrogen and oxygen atoms in total. The lowest BCUT2D eigenvalue weighted by atomic mass is 10.2. The monoisotopic (exact) mass is 213 g/mol. The van der Waals surface area contributed by atoms with Crippen molar-refractivity contribution >= 4 is 17.3 Å². The van der Waals surface area contributed by atoms with Gasteiger partial charge in [-0.15, -0.1) is 11.3 Å². The summed E-state index contributed by atoms with van der Waals surface area (Å²) in [6.07, 6.45) is 0. The summed E-state index contributed by atoms with van der Waals surface area (Å²) >= 11 is 1.29. The van der Waals surface area contributed by atoms with Crippen molar-refractivity contribution in [3.05, 3.63) is 21.9 Å². The third kappa shape index (κ3) is 2.56. The molecule has 14 heavy (non-hydrogen) atoms. The molecule has 1 aromatic rings. The first-order valence-corrected chi connectivity index (χ1v) is 5.40. The van der Waals surface area contributed by atoms with Gasteiger partial charge in [-0.25, -0.2) is 4.79 Å². The molecule has 0 aliphatic carbocycles. The Hall–Kier alpha value is -0.870. The minimum absolute atomic E-state index is 0.427. The van der Waals surface area contributed by atoms with Crippen LogP contribution in [0.3, 0.4) is 0 Å². The Balaban J connectivity index is 2.76. The lowest BCUT2D eigenvalue weighted by Gasteiger charge is -2.20. The van der Waals surface area contributed by atoms with Crippen LogP contribution < -0.4 is 0 Å². The molecule has 0 spiro atoms. The van der Waals surface area contributed by atoms with E-state index in [1.165, 1.54) is 11.3 Å². The van der Waals surface area contributed by atoms with Crippen LogP contribution in [0.2, 0.25) is 0 Å². The molecular formula is C10H15NO2S. The molecule has 0 fully saturated rings. The van der Waals surface area contributed by atoms with E-state index in [1.807, 2.05) is 18.5 Å². The van der Waals surface area contributed by atoms with Gasteiger partial charge in [0.15, 0.2) is 0 Å². The van der Waals surface area contributed by atoms with Crippen LogP contribution in [-0.4, -0.2) is 29.1 Å². The zero-order valence-electron chi connectivity index (χ0n) is 8.65. The molecule has 0 aliphatic heterocycles. The molecule has 0 bridgehead atoms. The summed E-state index contributed by atoms with van der Waals surface area (Å²) in [5.74, 6) is -0.827. The van der Waals surface area contributed by atoms with Crippen molar-refractivity contribution in [3.8, 4) is 0 Å². The molecule has 0 unspecified atom stereocenters. The van der Waals surface area contributed by atoms with Crippen LogP contribution in [0.5, 0.6) is 0 Å². The van der Waals surface area contributed by atoms with Gasteiger partial charge in [0.2, 0.25) is 0 Å². The molecule has 1 aromatic heterocycles. The highest BCUT2D eigenvalue weighted by Gasteiger charge is 2.13. The summed E-state index contributed by atoms with van der Waals surface area (Å²) in [6.45, 7) is 4.88. The normalized spacial score (nSPS) is 11.2. The van der Waals surface area contributed by atoms with Gasteiger partial charge in [0.1, 0.15) is 4.88 Å². The molecule has 0 radical (unpaired) electrons. The van der Waals surface area contributed by atoms with Crippen LogP contribution in [-0.2, 0) is 6.54 Å². The van der Waals surface area contributed by atoms with Gasteiger partial charge in [-0.05, 0) is 37.9 Å². The molecule has 0 saturated carbocycles. The van der Waals surface area contributed by atoms with E-state index in [9.17, 15) is 4.79 Å². The molecule has 0 atom stereocenters. The van der Waals surface area contributed by atoms with Crippen molar-refractivity contribution in [1.82, 2.24) is 4.90 Å². The molecule has 0 amide bonds.